The van der Waals surface area contributed by atoms with E-state index < -0.39 is 34.2 Å². The number of non-ortho nitro benzene ring substituents is 1. The number of amides is 1. The monoisotopic (exact) mass is 419 g/mol. The molecule has 2 N–H and O–H groups in total. The standard InChI is InChI=1S/C19H21N3O6S/c1-2-29(27)17-6-4-3-5-16(17)19(24)28-13-18(23)21-12-11-20-14-7-9-15(10-8-14)22(25)26/h3-10,20H,2,11-13H2,1H3,(H,21,23)/t29-/m0/s1. The first kappa shape index (κ1) is 22.0. The van der Waals surface area contributed by atoms with Gasteiger partial charge in [-0.1, -0.05) is 19.1 Å². The molecular weight excluding hydrogens is 398 g/mol. The van der Waals surface area contributed by atoms with Crippen molar-refractivity contribution >= 4 is 34.1 Å². The van der Waals surface area contributed by atoms with Gasteiger partial charge in [-0.2, -0.15) is 0 Å². The fourth-order valence-electron chi connectivity index (χ4n) is 2.36. The molecule has 10 heteroatoms. The molecule has 0 aliphatic carbocycles. The van der Waals surface area contributed by atoms with Crippen LogP contribution in [-0.4, -0.2) is 46.5 Å². The molecule has 0 radical (unpaired) electrons. The zero-order valence-corrected chi connectivity index (χ0v) is 16.6. The molecule has 2 rings (SSSR count). The quantitative estimate of drug-likeness (QED) is 0.261. The van der Waals surface area contributed by atoms with Gasteiger partial charge in [0.05, 0.1) is 26.2 Å². The number of carbonyl (C=O) groups is 2. The fraction of sp³-hybridized carbons (Fsp3) is 0.263. The van der Waals surface area contributed by atoms with Gasteiger partial charge < -0.3 is 15.4 Å². The predicted molar refractivity (Wildman–Crippen MR) is 108 cm³/mol. The maximum atomic E-state index is 12.2. The van der Waals surface area contributed by atoms with Crippen molar-refractivity contribution in [2.24, 2.45) is 0 Å². The van der Waals surface area contributed by atoms with E-state index in [4.69, 9.17) is 4.74 Å². The lowest BCUT2D eigenvalue weighted by atomic mass is 10.2. The highest BCUT2D eigenvalue weighted by atomic mass is 32.2. The number of hydrogen-bond donors (Lipinski definition) is 2. The Hall–Kier alpha value is -3.27. The lowest BCUT2D eigenvalue weighted by Crippen LogP contribution is -2.32. The molecule has 0 saturated carbocycles. The fourth-order valence-corrected chi connectivity index (χ4v) is 3.30. The van der Waals surface area contributed by atoms with Crippen LogP contribution in [0.1, 0.15) is 17.3 Å². The number of benzene rings is 2. The lowest BCUT2D eigenvalue weighted by Gasteiger charge is -2.10. The zero-order valence-electron chi connectivity index (χ0n) is 15.8. The Morgan fingerprint density at radius 2 is 1.79 bits per heavy atom. The van der Waals surface area contributed by atoms with Crippen molar-refractivity contribution < 1.29 is 23.5 Å². The topological polar surface area (TPSA) is 128 Å². The summed E-state index contributed by atoms with van der Waals surface area (Å²) >= 11 is 0. The molecular formula is C19H21N3O6S. The Balaban J connectivity index is 1.74. The molecule has 1 amide bonds. The Kier molecular flexibility index (Phi) is 8.28. The normalized spacial score (nSPS) is 11.3. The molecule has 0 aromatic heterocycles. The molecule has 0 fully saturated rings. The molecule has 0 heterocycles. The molecule has 0 saturated heterocycles. The van der Waals surface area contributed by atoms with E-state index >= 15 is 0 Å². The minimum atomic E-state index is -1.31. The van der Waals surface area contributed by atoms with Crippen LogP contribution in [0.2, 0.25) is 0 Å². The molecule has 2 aromatic carbocycles. The van der Waals surface area contributed by atoms with E-state index in [2.05, 4.69) is 10.6 Å². The first-order valence-corrected chi connectivity index (χ1v) is 10.1. The maximum Gasteiger partial charge on any atom is 0.339 e. The summed E-state index contributed by atoms with van der Waals surface area (Å²) in [5, 5.41) is 16.2. The molecule has 1 atom stereocenters. The number of carbonyl (C=O) groups excluding carboxylic acids is 2. The minimum Gasteiger partial charge on any atom is -0.452 e. The van der Waals surface area contributed by atoms with E-state index in [9.17, 15) is 23.9 Å². The van der Waals surface area contributed by atoms with Crippen LogP contribution < -0.4 is 10.6 Å². The number of nitro groups is 1. The Morgan fingerprint density at radius 1 is 1.10 bits per heavy atom. The molecule has 0 aliphatic heterocycles. The summed E-state index contributed by atoms with van der Waals surface area (Å²) < 4.78 is 17.0. The third kappa shape index (κ3) is 6.68. The number of nitrogens with zero attached hydrogens (tertiary/aromatic N) is 1. The first-order valence-electron chi connectivity index (χ1n) is 8.82. The van der Waals surface area contributed by atoms with Crippen LogP contribution in [-0.2, 0) is 20.3 Å². The van der Waals surface area contributed by atoms with Crippen LogP contribution in [0.4, 0.5) is 11.4 Å². The van der Waals surface area contributed by atoms with Gasteiger partial charge in [-0.15, -0.1) is 0 Å². The van der Waals surface area contributed by atoms with Gasteiger partial charge in [0.15, 0.2) is 6.61 Å². The maximum absolute atomic E-state index is 12.2. The van der Waals surface area contributed by atoms with Gasteiger partial charge in [0.2, 0.25) is 0 Å². The average Bonchev–Trinajstić information content (AvgIpc) is 2.74. The van der Waals surface area contributed by atoms with Crippen LogP contribution in [0.15, 0.2) is 53.4 Å². The number of ether oxygens (including phenoxy) is 1. The molecule has 0 bridgehead atoms. The minimum absolute atomic E-state index is 0.00462. The molecule has 154 valence electrons. The molecule has 0 aliphatic rings. The van der Waals surface area contributed by atoms with Gasteiger partial charge in [0.25, 0.3) is 11.6 Å². The molecule has 2 aromatic rings. The summed E-state index contributed by atoms with van der Waals surface area (Å²) in [7, 11) is -1.31. The van der Waals surface area contributed by atoms with Crippen LogP contribution in [0.25, 0.3) is 0 Å². The Bertz CT molecular complexity index is 901. The number of hydrogen-bond acceptors (Lipinski definition) is 7. The van der Waals surface area contributed by atoms with Crippen LogP contribution in [0, 0.1) is 10.1 Å². The smallest absolute Gasteiger partial charge is 0.339 e. The summed E-state index contributed by atoms with van der Waals surface area (Å²) in [6, 6.07) is 12.3. The molecule has 0 spiro atoms. The highest BCUT2D eigenvalue weighted by Gasteiger charge is 2.17. The highest BCUT2D eigenvalue weighted by molar-refractivity contribution is 7.85. The van der Waals surface area contributed by atoms with Crippen molar-refractivity contribution in [3.8, 4) is 0 Å². The first-order chi connectivity index (χ1) is 13.9. The second kappa shape index (κ2) is 10.9. The average molecular weight is 419 g/mol. The SMILES string of the molecule is CC[S@](=O)c1ccccc1C(=O)OCC(=O)NCCNc1ccc([N+](=O)[O-])cc1. The number of nitro benzene ring substituents is 1. The summed E-state index contributed by atoms with van der Waals surface area (Å²) in [4.78, 5) is 34.5. The van der Waals surface area contributed by atoms with Crippen molar-refractivity contribution in [3.63, 3.8) is 0 Å². The number of anilines is 1. The van der Waals surface area contributed by atoms with E-state index in [1.807, 2.05) is 0 Å². The summed E-state index contributed by atoms with van der Waals surface area (Å²) in [6.45, 7) is 1.94. The Labute approximate surface area is 170 Å². The van der Waals surface area contributed by atoms with Gasteiger partial charge in [0.1, 0.15) is 0 Å². The van der Waals surface area contributed by atoms with Gasteiger partial charge in [0, 0.05) is 36.7 Å². The molecule has 0 unspecified atom stereocenters. The van der Waals surface area contributed by atoms with Crippen molar-refractivity contribution in [1.29, 1.82) is 0 Å². The van der Waals surface area contributed by atoms with Crippen molar-refractivity contribution in [2.45, 2.75) is 11.8 Å². The van der Waals surface area contributed by atoms with Gasteiger partial charge in [-0.3, -0.25) is 19.1 Å². The van der Waals surface area contributed by atoms with E-state index in [1.165, 1.54) is 18.2 Å². The second-order valence-corrected chi connectivity index (χ2v) is 7.50. The second-order valence-electron chi connectivity index (χ2n) is 5.79. The number of esters is 1. The summed E-state index contributed by atoms with van der Waals surface area (Å²) in [5.41, 5.74) is 0.854. The van der Waals surface area contributed by atoms with Gasteiger partial charge >= 0.3 is 5.97 Å². The summed E-state index contributed by atoms with van der Waals surface area (Å²) in [6.07, 6.45) is 0. The van der Waals surface area contributed by atoms with Gasteiger partial charge in [-0.25, -0.2) is 4.79 Å². The van der Waals surface area contributed by atoms with Crippen LogP contribution >= 0.6 is 0 Å². The third-order valence-corrected chi connectivity index (χ3v) is 5.17. The molecule has 29 heavy (non-hydrogen) atoms. The van der Waals surface area contributed by atoms with Crippen LogP contribution in [0.3, 0.4) is 0 Å². The number of rotatable bonds is 10. The zero-order chi connectivity index (χ0) is 21.2. The van der Waals surface area contributed by atoms with Gasteiger partial charge in [-0.05, 0) is 24.3 Å². The van der Waals surface area contributed by atoms with Crippen LogP contribution in [0.5, 0.6) is 0 Å². The van der Waals surface area contributed by atoms with E-state index in [-0.39, 0.29) is 17.8 Å². The Morgan fingerprint density at radius 3 is 2.45 bits per heavy atom. The number of nitrogens with one attached hydrogen (secondary N) is 2. The summed E-state index contributed by atoms with van der Waals surface area (Å²) in [5.74, 6) is -0.813. The van der Waals surface area contributed by atoms with E-state index in [0.717, 1.165) is 0 Å². The third-order valence-electron chi connectivity index (χ3n) is 3.80. The van der Waals surface area contributed by atoms with E-state index in [1.54, 1.807) is 37.3 Å². The van der Waals surface area contributed by atoms with Crippen molar-refractivity contribution in [2.75, 3.05) is 30.8 Å². The van der Waals surface area contributed by atoms with Crippen molar-refractivity contribution in [3.05, 3.63) is 64.2 Å². The highest BCUT2D eigenvalue weighted by Crippen LogP contribution is 2.16. The van der Waals surface area contributed by atoms with E-state index in [0.29, 0.717) is 22.9 Å². The van der Waals surface area contributed by atoms with Crippen molar-refractivity contribution in [1.82, 2.24) is 5.32 Å². The largest absolute Gasteiger partial charge is 0.452 e. The lowest BCUT2D eigenvalue weighted by molar-refractivity contribution is -0.384. The predicted octanol–water partition coefficient (Wildman–Crippen LogP) is 2.11. The molecule has 9 nitrogen and oxygen atoms in total.